The van der Waals surface area contributed by atoms with Crippen molar-refractivity contribution >= 4 is 27.6 Å². The van der Waals surface area contributed by atoms with Gasteiger partial charge in [0.15, 0.2) is 11.9 Å². The minimum absolute atomic E-state index is 0.265. The average Bonchev–Trinajstić information content (AvgIpc) is 2.72. The largest absolute Gasteiger partial charge is 0.496 e. The van der Waals surface area contributed by atoms with Crippen LogP contribution >= 0.6 is 0 Å². The maximum atomic E-state index is 12.8. The van der Waals surface area contributed by atoms with Crippen LogP contribution in [0.3, 0.4) is 0 Å². The fourth-order valence-electron chi connectivity index (χ4n) is 3.20. The smallest absolute Gasteiger partial charge is 0.339 e. The highest BCUT2D eigenvalue weighted by atomic mass is 16.5. The van der Waals surface area contributed by atoms with E-state index in [1.54, 1.807) is 50.4 Å². The number of fused-ring (bicyclic) bond motifs is 2. The Kier molecular flexibility index (Phi) is 4.53. The van der Waals surface area contributed by atoms with Crippen LogP contribution in [0.2, 0.25) is 0 Å². The van der Waals surface area contributed by atoms with Gasteiger partial charge in [-0.25, -0.2) is 9.78 Å². The lowest BCUT2D eigenvalue weighted by Crippen LogP contribution is -2.17. The van der Waals surface area contributed by atoms with Gasteiger partial charge >= 0.3 is 5.97 Å². The molecule has 0 aliphatic rings. The molecule has 1 atom stereocenters. The predicted octanol–water partition coefficient (Wildman–Crippen LogP) is 4.00. The first-order valence-corrected chi connectivity index (χ1v) is 8.84. The summed E-state index contributed by atoms with van der Waals surface area (Å²) in [5.74, 6) is 0.484. The van der Waals surface area contributed by atoms with E-state index in [9.17, 15) is 9.59 Å². The van der Waals surface area contributed by atoms with Crippen molar-refractivity contribution in [2.75, 3.05) is 7.11 Å². The zero-order chi connectivity index (χ0) is 19.7. The molecule has 1 N–H and O–H groups in total. The number of H-pyrrole nitrogens is 1. The summed E-state index contributed by atoms with van der Waals surface area (Å²) in [6.07, 6.45) is -0.717. The lowest BCUT2D eigenvalue weighted by Gasteiger charge is -2.15. The van der Waals surface area contributed by atoms with Crippen LogP contribution < -0.4 is 10.3 Å². The highest BCUT2D eigenvalue weighted by molar-refractivity contribution is 6.06. The Morgan fingerprint density at radius 2 is 1.64 bits per heavy atom. The Hall–Kier alpha value is -3.67. The number of aromatic nitrogens is 2. The molecule has 4 aromatic rings. The van der Waals surface area contributed by atoms with Crippen molar-refractivity contribution in [1.82, 2.24) is 9.97 Å². The van der Waals surface area contributed by atoms with Crippen LogP contribution in [0.25, 0.3) is 21.7 Å². The van der Waals surface area contributed by atoms with E-state index in [-0.39, 0.29) is 5.56 Å². The molecule has 28 heavy (non-hydrogen) atoms. The lowest BCUT2D eigenvalue weighted by molar-refractivity contribution is 0.0322. The lowest BCUT2D eigenvalue weighted by atomic mass is 10.0. The van der Waals surface area contributed by atoms with Crippen molar-refractivity contribution in [3.63, 3.8) is 0 Å². The van der Waals surface area contributed by atoms with E-state index >= 15 is 0 Å². The topological polar surface area (TPSA) is 81.3 Å². The first-order valence-electron chi connectivity index (χ1n) is 8.84. The number of hydrogen-bond acceptors (Lipinski definition) is 5. The molecule has 0 radical (unpaired) electrons. The molecule has 0 aliphatic carbocycles. The molecule has 0 amide bonds. The second kappa shape index (κ2) is 7.15. The highest BCUT2D eigenvalue weighted by Gasteiger charge is 2.19. The number of rotatable bonds is 4. The molecule has 0 aliphatic heterocycles. The molecular formula is C22H18N2O4. The number of carbonyl (C=O) groups excluding carboxylic acids is 1. The van der Waals surface area contributed by atoms with Crippen molar-refractivity contribution in [3.05, 3.63) is 82.4 Å². The van der Waals surface area contributed by atoms with Crippen molar-refractivity contribution in [2.24, 2.45) is 0 Å². The van der Waals surface area contributed by atoms with E-state index < -0.39 is 12.1 Å². The van der Waals surface area contributed by atoms with Gasteiger partial charge in [0.2, 0.25) is 0 Å². The average molecular weight is 374 g/mol. The Morgan fingerprint density at radius 3 is 2.39 bits per heavy atom. The van der Waals surface area contributed by atoms with Gasteiger partial charge in [0.1, 0.15) is 5.75 Å². The van der Waals surface area contributed by atoms with Crippen LogP contribution in [0.1, 0.15) is 29.2 Å². The Morgan fingerprint density at radius 1 is 0.964 bits per heavy atom. The summed E-state index contributed by atoms with van der Waals surface area (Å²) >= 11 is 0. The van der Waals surface area contributed by atoms with E-state index in [1.165, 1.54) is 0 Å². The zero-order valence-electron chi connectivity index (χ0n) is 15.4. The minimum Gasteiger partial charge on any atom is -0.496 e. The van der Waals surface area contributed by atoms with E-state index in [1.807, 2.05) is 24.3 Å². The summed E-state index contributed by atoms with van der Waals surface area (Å²) in [6, 6.07) is 17.9. The number of nitrogens with zero attached hydrogens (tertiary/aromatic N) is 1. The molecule has 6 heteroatoms. The normalized spacial score (nSPS) is 12.1. The third kappa shape index (κ3) is 3.09. The van der Waals surface area contributed by atoms with E-state index in [0.717, 1.165) is 10.8 Å². The van der Waals surface area contributed by atoms with Crippen LogP contribution in [-0.2, 0) is 4.74 Å². The van der Waals surface area contributed by atoms with Gasteiger partial charge in [-0.2, -0.15) is 0 Å². The van der Waals surface area contributed by atoms with Crippen molar-refractivity contribution in [3.8, 4) is 5.75 Å². The van der Waals surface area contributed by atoms with E-state index in [2.05, 4.69) is 9.97 Å². The number of methoxy groups -OCH3 is 1. The summed E-state index contributed by atoms with van der Waals surface area (Å²) in [6.45, 7) is 1.68. The molecule has 0 spiro atoms. The van der Waals surface area contributed by atoms with Gasteiger partial charge in [-0.05, 0) is 36.6 Å². The van der Waals surface area contributed by atoms with Crippen LogP contribution in [0, 0.1) is 0 Å². The summed E-state index contributed by atoms with van der Waals surface area (Å²) in [7, 11) is 1.59. The van der Waals surface area contributed by atoms with E-state index in [0.29, 0.717) is 28.0 Å². The van der Waals surface area contributed by atoms with Crippen LogP contribution in [-0.4, -0.2) is 23.0 Å². The summed E-state index contributed by atoms with van der Waals surface area (Å²) in [5, 5.41) is 2.05. The Bertz CT molecular complexity index is 1250. The molecule has 3 aromatic carbocycles. The predicted molar refractivity (Wildman–Crippen MR) is 107 cm³/mol. The number of para-hydroxylation sites is 1. The van der Waals surface area contributed by atoms with Gasteiger partial charge in [-0.3, -0.25) is 4.79 Å². The Balaban J connectivity index is 1.68. The third-order valence-corrected chi connectivity index (χ3v) is 4.62. The van der Waals surface area contributed by atoms with Crippen molar-refractivity contribution < 1.29 is 14.3 Å². The first kappa shape index (κ1) is 17.7. The summed E-state index contributed by atoms with van der Waals surface area (Å²) < 4.78 is 11.0. The number of nitrogens with one attached hydrogen (secondary N) is 1. The van der Waals surface area contributed by atoms with Gasteiger partial charge in [-0.1, -0.05) is 36.4 Å². The summed E-state index contributed by atoms with van der Waals surface area (Å²) in [5.41, 5.74) is 0.712. The maximum Gasteiger partial charge on any atom is 0.339 e. The quantitative estimate of drug-likeness (QED) is 0.546. The molecular weight excluding hydrogens is 356 g/mol. The number of hydrogen-bond donors (Lipinski definition) is 1. The second-order valence-corrected chi connectivity index (χ2v) is 6.38. The van der Waals surface area contributed by atoms with Crippen LogP contribution in [0.5, 0.6) is 5.75 Å². The maximum absolute atomic E-state index is 12.8. The van der Waals surface area contributed by atoms with Crippen LogP contribution in [0.4, 0.5) is 0 Å². The third-order valence-electron chi connectivity index (χ3n) is 4.62. The molecule has 0 bridgehead atoms. The van der Waals surface area contributed by atoms with Gasteiger partial charge in [0, 0.05) is 5.39 Å². The number of aromatic amines is 1. The fourth-order valence-corrected chi connectivity index (χ4v) is 3.20. The van der Waals surface area contributed by atoms with Gasteiger partial charge in [0.25, 0.3) is 5.56 Å². The fraction of sp³-hybridized carbons (Fsp3) is 0.136. The molecule has 0 saturated carbocycles. The van der Waals surface area contributed by atoms with Crippen LogP contribution in [0.15, 0.2) is 65.5 Å². The minimum atomic E-state index is -0.717. The molecule has 0 saturated heterocycles. The first-order chi connectivity index (χ1) is 13.6. The monoisotopic (exact) mass is 374 g/mol. The molecule has 1 heterocycles. The zero-order valence-corrected chi connectivity index (χ0v) is 15.4. The van der Waals surface area contributed by atoms with Gasteiger partial charge in [-0.15, -0.1) is 0 Å². The van der Waals surface area contributed by atoms with E-state index in [4.69, 9.17) is 9.47 Å². The molecule has 1 aromatic heterocycles. The Labute approximate surface area is 160 Å². The van der Waals surface area contributed by atoms with Gasteiger partial charge < -0.3 is 14.5 Å². The number of carbonyl (C=O) groups is 1. The van der Waals surface area contributed by atoms with Crippen molar-refractivity contribution in [2.45, 2.75) is 13.0 Å². The molecule has 0 fully saturated rings. The number of ether oxygens (including phenoxy) is 2. The van der Waals surface area contributed by atoms with Crippen molar-refractivity contribution in [1.29, 1.82) is 0 Å². The summed E-state index contributed by atoms with van der Waals surface area (Å²) in [4.78, 5) is 32.2. The highest BCUT2D eigenvalue weighted by Crippen LogP contribution is 2.29. The number of benzene rings is 3. The molecule has 140 valence electrons. The SMILES string of the molecule is COc1ccc(C(=O)O[C@H](C)c2nc3ccccc3c(=O)[nH]2)c2ccccc12. The second-order valence-electron chi connectivity index (χ2n) is 6.38. The molecule has 4 rings (SSSR count). The number of esters is 1. The molecule has 6 nitrogen and oxygen atoms in total. The molecule has 0 unspecified atom stereocenters. The van der Waals surface area contributed by atoms with Gasteiger partial charge in [0.05, 0.1) is 23.6 Å². The standard InChI is InChI=1S/C22H18N2O4/c1-13(20-23-18-10-6-5-9-17(18)21(25)24-20)28-22(26)16-11-12-19(27-2)15-8-4-3-7-14(15)16/h3-13H,1-2H3,(H,23,24,25)/t13-/m1/s1.